The van der Waals surface area contributed by atoms with Gasteiger partial charge in [0.05, 0.1) is 5.56 Å². The molecular weight excluding hydrogens is 329 g/mol. The molecule has 2 fully saturated rings. The Morgan fingerprint density at radius 2 is 1.88 bits per heavy atom. The monoisotopic (exact) mass is 346 g/mol. The molecule has 0 saturated carbocycles. The molecule has 4 atom stereocenters. The SMILES string of the molecule is CC1(C)O[C@H]2O[C@H](COC(=O)c3ccccc3)[C@H](C(F)(F)F)[C@H]2O1. The molecular formula is C16H17F3O5. The van der Waals surface area contributed by atoms with Crippen LogP contribution in [0.3, 0.4) is 0 Å². The molecule has 8 heteroatoms. The molecule has 0 N–H and O–H groups in total. The summed E-state index contributed by atoms with van der Waals surface area (Å²) in [7, 11) is 0. The van der Waals surface area contributed by atoms with E-state index in [1.165, 1.54) is 26.0 Å². The van der Waals surface area contributed by atoms with Crippen LogP contribution in [0.4, 0.5) is 13.2 Å². The van der Waals surface area contributed by atoms with E-state index in [1.54, 1.807) is 18.2 Å². The maximum Gasteiger partial charge on any atom is 0.397 e. The average molecular weight is 346 g/mol. The smallest absolute Gasteiger partial charge is 0.397 e. The van der Waals surface area contributed by atoms with Crippen LogP contribution in [0.15, 0.2) is 30.3 Å². The number of ether oxygens (including phenoxy) is 4. The summed E-state index contributed by atoms with van der Waals surface area (Å²) >= 11 is 0. The predicted octanol–water partition coefficient (Wildman–Crippen LogP) is 2.90. The van der Waals surface area contributed by atoms with Crippen molar-refractivity contribution in [2.24, 2.45) is 5.92 Å². The van der Waals surface area contributed by atoms with Gasteiger partial charge in [0.15, 0.2) is 12.1 Å². The fourth-order valence-corrected chi connectivity index (χ4v) is 2.93. The van der Waals surface area contributed by atoms with Crippen molar-refractivity contribution in [3.63, 3.8) is 0 Å². The maximum atomic E-state index is 13.4. The van der Waals surface area contributed by atoms with Crippen LogP contribution < -0.4 is 0 Å². The van der Waals surface area contributed by atoms with E-state index < -0.39 is 49.0 Å². The van der Waals surface area contributed by atoms with Crippen LogP contribution in [-0.2, 0) is 18.9 Å². The minimum absolute atomic E-state index is 0.257. The first-order valence-corrected chi connectivity index (χ1v) is 7.47. The number of esters is 1. The molecule has 0 bridgehead atoms. The van der Waals surface area contributed by atoms with Crippen molar-refractivity contribution in [1.29, 1.82) is 0 Å². The third-order valence-electron chi connectivity index (χ3n) is 3.92. The Balaban J connectivity index is 1.68. The van der Waals surface area contributed by atoms with E-state index in [4.69, 9.17) is 18.9 Å². The molecule has 5 nitrogen and oxygen atoms in total. The van der Waals surface area contributed by atoms with Crippen molar-refractivity contribution in [3.8, 4) is 0 Å². The van der Waals surface area contributed by atoms with Crippen molar-refractivity contribution in [2.75, 3.05) is 6.61 Å². The van der Waals surface area contributed by atoms with E-state index in [1.807, 2.05) is 0 Å². The Morgan fingerprint density at radius 3 is 2.50 bits per heavy atom. The molecule has 1 aromatic carbocycles. The molecule has 0 amide bonds. The molecule has 0 unspecified atom stereocenters. The van der Waals surface area contributed by atoms with E-state index in [-0.39, 0.29) is 5.56 Å². The summed E-state index contributed by atoms with van der Waals surface area (Å²) in [6.45, 7) is 2.51. The van der Waals surface area contributed by atoms with Crippen molar-refractivity contribution in [1.82, 2.24) is 0 Å². The lowest BCUT2D eigenvalue weighted by Crippen LogP contribution is -2.42. The van der Waals surface area contributed by atoms with Gasteiger partial charge in [-0.15, -0.1) is 0 Å². The Labute approximate surface area is 136 Å². The first-order valence-electron chi connectivity index (χ1n) is 7.47. The number of hydrogen-bond donors (Lipinski definition) is 0. The van der Waals surface area contributed by atoms with Crippen LogP contribution in [-0.4, -0.2) is 43.0 Å². The standard InChI is InChI=1S/C16H17F3O5/c1-15(2)23-12-11(16(17,18)19)10(22-14(12)24-15)8-21-13(20)9-6-4-3-5-7-9/h3-7,10-12,14H,8H2,1-2H3/t10-,11+,12-,14-/m1/s1. The molecule has 0 aromatic heterocycles. The van der Waals surface area contributed by atoms with Crippen LogP contribution in [0.25, 0.3) is 0 Å². The van der Waals surface area contributed by atoms with Gasteiger partial charge in [-0.2, -0.15) is 13.2 Å². The molecule has 2 aliphatic heterocycles. The molecule has 132 valence electrons. The van der Waals surface area contributed by atoms with Gasteiger partial charge in [-0.1, -0.05) is 18.2 Å². The molecule has 2 heterocycles. The Morgan fingerprint density at radius 1 is 1.21 bits per heavy atom. The largest absolute Gasteiger partial charge is 0.459 e. The summed E-state index contributed by atoms with van der Waals surface area (Å²) in [4.78, 5) is 11.9. The molecule has 0 radical (unpaired) electrons. The number of halogens is 3. The Kier molecular flexibility index (Phi) is 4.31. The molecule has 3 rings (SSSR count). The Hall–Kier alpha value is -1.64. The minimum atomic E-state index is -4.56. The molecule has 2 saturated heterocycles. The number of rotatable bonds is 3. The highest BCUT2D eigenvalue weighted by Crippen LogP contribution is 2.47. The number of fused-ring (bicyclic) bond motifs is 1. The highest BCUT2D eigenvalue weighted by Gasteiger charge is 2.63. The van der Waals surface area contributed by atoms with Gasteiger partial charge in [-0.05, 0) is 26.0 Å². The third kappa shape index (κ3) is 3.40. The number of carbonyl (C=O) groups excluding carboxylic acids is 1. The minimum Gasteiger partial charge on any atom is -0.459 e. The van der Waals surface area contributed by atoms with Gasteiger partial charge in [-0.3, -0.25) is 0 Å². The lowest BCUT2D eigenvalue weighted by molar-refractivity contribution is -0.250. The van der Waals surface area contributed by atoms with E-state index in [9.17, 15) is 18.0 Å². The summed E-state index contributed by atoms with van der Waals surface area (Å²) in [5.41, 5.74) is 0.257. The second-order valence-electron chi connectivity index (χ2n) is 6.17. The summed E-state index contributed by atoms with van der Waals surface area (Å²) in [5.74, 6) is -3.78. The lowest BCUT2D eigenvalue weighted by atomic mass is 9.98. The van der Waals surface area contributed by atoms with E-state index in [2.05, 4.69) is 0 Å². The molecule has 24 heavy (non-hydrogen) atoms. The first-order chi connectivity index (χ1) is 11.2. The summed E-state index contributed by atoms with van der Waals surface area (Å²) in [6.07, 6.45) is -8.34. The third-order valence-corrected chi connectivity index (χ3v) is 3.92. The maximum absolute atomic E-state index is 13.4. The van der Waals surface area contributed by atoms with Crippen molar-refractivity contribution >= 4 is 5.97 Å². The first kappa shape index (κ1) is 17.2. The zero-order valence-corrected chi connectivity index (χ0v) is 13.1. The van der Waals surface area contributed by atoms with Gasteiger partial charge in [0.1, 0.15) is 24.7 Å². The quantitative estimate of drug-likeness (QED) is 0.788. The number of alkyl halides is 3. The van der Waals surface area contributed by atoms with Gasteiger partial charge in [-0.25, -0.2) is 4.79 Å². The predicted molar refractivity (Wildman–Crippen MR) is 75.0 cm³/mol. The van der Waals surface area contributed by atoms with Gasteiger partial charge in [0, 0.05) is 0 Å². The molecule has 0 spiro atoms. The second kappa shape index (κ2) is 6.02. The average Bonchev–Trinajstić information content (AvgIpc) is 2.95. The van der Waals surface area contributed by atoms with Gasteiger partial charge < -0.3 is 18.9 Å². The summed E-state index contributed by atoms with van der Waals surface area (Å²) < 4.78 is 61.1. The zero-order chi connectivity index (χ0) is 17.5. The van der Waals surface area contributed by atoms with Crippen LogP contribution >= 0.6 is 0 Å². The van der Waals surface area contributed by atoms with Crippen LogP contribution in [0, 0.1) is 5.92 Å². The fourth-order valence-electron chi connectivity index (χ4n) is 2.93. The topological polar surface area (TPSA) is 54.0 Å². The fraction of sp³-hybridized carbons (Fsp3) is 0.562. The molecule has 0 aliphatic carbocycles. The van der Waals surface area contributed by atoms with Gasteiger partial charge in [0.2, 0.25) is 0 Å². The normalized spacial score (nSPS) is 31.7. The highest BCUT2D eigenvalue weighted by atomic mass is 19.4. The van der Waals surface area contributed by atoms with Gasteiger partial charge in [0.25, 0.3) is 0 Å². The highest BCUT2D eigenvalue weighted by molar-refractivity contribution is 5.89. The summed E-state index contributed by atoms with van der Waals surface area (Å²) in [6, 6.07) is 8.02. The van der Waals surface area contributed by atoms with Crippen LogP contribution in [0.1, 0.15) is 24.2 Å². The summed E-state index contributed by atoms with van der Waals surface area (Å²) in [5, 5.41) is 0. The zero-order valence-electron chi connectivity index (χ0n) is 13.1. The van der Waals surface area contributed by atoms with Crippen LogP contribution in [0.2, 0.25) is 0 Å². The van der Waals surface area contributed by atoms with E-state index in [0.29, 0.717) is 0 Å². The van der Waals surface area contributed by atoms with Crippen LogP contribution in [0.5, 0.6) is 0 Å². The molecule has 1 aromatic rings. The van der Waals surface area contributed by atoms with Gasteiger partial charge >= 0.3 is 12.1 Å². The number of benzene rings is 1. The van der Waals surface area contributed by atoms with E-state index >= 15 is 0 Å². The molecule has 2 aliphatic rings. The Bertz CT molecular complexity index is 601. The van der Waals surface area contributed by atoms with Crippen molar-refractivity contribution < 1.29 is 36.9 Å². The van der Waals surface area contributed by atoms with Crippen molar-refractivity contribution in [2.45, 2.75) is 44.3 Å². The van der Waals surface area contributed by atoms with Crippen molar-refractivity contribution in [3.05, 3.63) is 35.9 Å². The second-order valence-corrected chi connectivity index (χ2v) is 6.17. The number of hydrogen-bond acceptors (Lipinski definition) is 5. The van der Waals surface area contributed by atoms with E-state index in [0.717, 1.165) is 0 Å². The number of carbonyl (C=O) groups is 1. The lowest BCUT2D eigenvalue weighted by Gasteiger charge is -2.27.